The quantitative estimate of drug-likeness (QED) is 0.0602. The van der Waals surface area contributed by atoms with E-state index in [9.17, 15) is 9.59 Å². The highest BCUT2D eigenvalue weighted by molar-refractivity contribution is 7.99. The minimum atomic E-state index is -0.766. The summed E-state index contributed by atoms with van der Waals surface area (Å²) in [6.45, 7) is 15.5. The molecule has 0 radical (unpaired) electrons. The first-order valence-electron chi connectivity index (χ1n) is 20.2. The van der Waals surface area contributed by atoms with Crippen LogP contribution in [0.25, 0.3) is 0 Å². The van der Waals surface area contributed by atoms with Crippen LogP contribution in [0.3, 0.4) is 0 Å². The van der Waals surface area contributed by atoms with Gasteiger partial charge in [0.05, 0.1) is 31.5 Å². The zero-order chi connectivity index (χ0) is 45.1. The molecule has 0 bridgehead atoms. The van der Waals surface area contributed by atoms with Crippen LogP contribution in [0.15, 0.2) is 10.3 Å². The van der Waals surface area contributed by atoms with Crippen LogP contribution in [0.1, 0.15) is 88.5 Å². The topological polar surface area (TPSA) is 250 Å². The molecule has 62 heavy (non-hydrogen) atoms. The van der Waals surface area contributed by atoms with Crippen LogP contribution in [-0.2, 0) is 47.5 Å². The molecular formula is C39H63Cl3N8O10S2. The van der Waals surface area contributed by atoms with Crippen LogP contribution in [0.2, 0.25) is 15.5 Å². The van der Waals surface area contributed by atoms with Gasteiger partial charge in [-0.3, -0.25) is 0 Å². The summed E-state index contributed by atoms with van der Waals surface area (Å²) < 4.78 is 44.7. The van der Waals surface area contributed by atoms with E-state index >= 15 is 0 Å². The molecule has 0 amide bonds. The number of carbonyl (C=O) groups is 2. The van der Waals surface area contributed by atoms with Crippen LogP contribution in [-0.4, -0.2) is 130 Å². The smallest absolute Gasteiger partial charge is 0.332 e. The summed E-state index contributed by atoms with van der Waals surface area (Å²) in [5.41, 5.74) is 18.1. The Morgan fingerprint density at radius 2 is 1.11 bits per heavy atom. The van der Waals surface area contributed by atoms with E-state index in [2.05, 4.69) is 39.1 Å². The second kappa shape index (κ2) is 24.9. The van der Waals surface area contributed by atoms with Crippen LogP contribution in [0, 0.1) is 0 Å². The lowest BCUT2D eigenvalue weighted by Gasteiger charge is -2.24. The third-order valence-corrected chi connectivity index (χ3v) is 12.2. The molecule has 23 heteroatoms. The number of fused-ring (bicyclic) bond motifs is 2. The lowest BCUT2D eigenvalue weighted by atomic mass is 10.2. The number of ether oxygens (including phenoxy) is 8. The minimum Gasteiger partial charge on any atom is -0.464 e. The summed E-state index contributed by atoms with van der Waals surface area (Å²) in [5.74, 6) is 0.0913. The Bertz CT molecular complexity index is 1750. The maximum Gasteiger partial charge on any atom is 0.332 e. The first kappa shape index (κ1) is 54.1. The third kappa shape index (κ3) is 15.5. The molecule has 7 N–H and O–H groups in total. The average molecular weight is 974 g/mol. The molecule has 2 aliphatic carbocycles. The number of rotatable bonds is 16. The molecule has 2 saturated heterocycles. The molecule has 2 aliphatic heterocycles. The van der Waals surface area contributed by atoms with Gasteiger partial charge in [0.15, 0.2) is 43.2 Å². The van der Waals surface area contributed by atoms with Gasteiger partial charge in [-0.1, -0.05) is 79.6 Å². The molecule has 1 unspecified atom stereocenters. The fourth-order valence-electron chi connectivity index (χ4n) is 6.75. The van der Waals surface area contributed by atoms with Gasteiger partial charge >= 0.3 is 11.9 Å². The van der Waals surface area contributed by atoms with Gasteiger partial charge in [0.2, 0.25) is 0 Å². The lowest BCUT2D eigenvalue weighted by molar-refractivity contribution is -0.172. The highest BCUT2D eigenvalue weighted by Crippen LogP contribution is 2.42. The molecule has 18 nitrogen and oxygen atoms in total. The van der Waals surface area contributed by atoms with E-state index in [-0.39, 0.29) is 102 Å². The Kier molecular flexibility index (Phi) is 21.7. The summed E-state index contributed by atoms with van der Waals surface area (Å²) in [5, 5.41) is 5.13. The number of hydrogen-bond donors (Lipinski definition) is 4. The molecule has 0 spiro atoms. The molecular weight excluding hydrogens is 911 g/mol. The number of nitrogens with one attached hydrogen (secondary N) is 1. The van der Waals surface area contributed by atoms with Crippen LogP contribution >= 0.6 is 58.3 Å². The van der Waals surface area contributed by atoms with Crippen molar-refractivity contribution >= 4 is 87.5 Å². The first-order valence-corrected chi connectivity index (χ1v) is 23.3. The summed E-state index contributed by atoms with van der Waals surface area (Å²) in [6, 6.07) is -0.315. The van der Waals surface area contributed by atoms with Crippen LogP contribution < -0.4 is 22.5 Å². The Morgan fingerprint density at radius 1 is 0.694 bits per heavy atom. The second-order valence-corrected chi connectivity index (χ2v) is 18.3. The Morgan fingerprint density at radius 3 is 1.60 bits per heavy atom. The monoisotopic (exact) mass is 972 g/mol. The summed E-state index contributed by atoms with van der Waals surface area (Å²) in [6.07, 6.45) is 1.66. The number of nitrogens with zero attached hydrogens (tertiary/aromatic N) is 4. The molecule has 0 aromatic carbocycles. The fourth-order valence-corrected chi connectivity index (χ4v) is 8.86. The van der Waals surface area contributed by atoms with Crippen LogP contribution in [0.5, 0.6) is 0 Å². The zero-order valence-corrected chi connectivity index (χ0v) is 39.6. The molecule has 6 rings (SSSR count). The van der Waals surface area contributed by atoms with Gasteiger partial charge in [-0.05, 0) is 67.2 Å². The van der Waals surface area contributed by atoms with Crippen molar-refractivity contribution in [3.8, 4) is 0 Å². The van der Waals surface area contributed by atoms with Gasteiger partial charge in [-0.25, -0.2) is 29.5 Å². The number of esters is 2. The maximum atomic E-state index is 11.7. The van der Waals surface area contributed by atoms with Gasteiger partial charge in [0, 0.05) is 17.5 Å². The zero-order valence-electron chi connectivity index (χ0n) is 35.7. The predicted molar refractivity (Wildman–Crippen MR) is 242 cm³/mol. The van der Waals surface area contributed by atoms with Crippen molar-refractivity contribution in [3.63, 3.8) is 0 Å². The van der Waals surface area contributed by atoms with E-state index < -0.39 is 17.5 Å². The molecule has 2 aromatic rings. The van der Waals surface area contributed by atoms with Crippen molar-refractivity contribution in [2.24, 2.45) is 5.73 Å². The second-order valence-electron chi connectivity index (χ2n) is 15.1. The van der Waals surface area contributed by atoms with Gasteiger partial charge in [0.25, 0.3) is 0 Å². The number of thioether (sulfide) groups is 2. The minimum absolute atomic E-state index is 0. The molecule has 2 aromatic heterocycles. The number of halogens is 3. The van der Waals surface area contributed by atoms with Crippen molar-refractivity contribution in [2.45, 2.75) is 159 Å². The fraction of sp³-hybridized carbons (Fsp3) is 0.744. The van der Waals surface area contributed by atoms with Crippen LogP contribution in [0.4, 0.5) is 17.2 Å². The molecule has 4 heterocycles. The Hall–Kier alpha value is -2.21. The van der Waals surface area contributed by atoms with E-state index in [0.29, 0.717) is 42.2 Å². The van der Waals surface area contributed by atoms with E-state index in [1.165, 1.54) is 23.5 Å². The summed E-state index contributed by atoms with van der Waals surface area (Å²) >= 11 is 20.7. The van der Waals surface area contributed by atoms with Crippen molar-refractivity contribution in [1.29, 1.82) is 0 Å². The highest BCUT2D eigenvalue weighted by atomic mass is 35.5. The van der Waals surface area contributed by atoms with Gasteiger partial charge in [-0.2, -0.15) is 0 Å². The van der Waals surface area contributed by atoms with Crippen molar-refractivity contribution < 1.29 is 47.5 Å². The predicted octanol–water partition coefficient (Wildman–Crippen LogP) is 6.56. The largest absolute Gasteiger partial charge is 0.464 e. The van der Waals surface area contributed by atoms with E-state index in [0.717, 1.165) is 24.3 Å². The molecule has 352 valence electrons. The Labute approximate surface area is 388 Å². The maximum absolute atomic E-state index is 11.7. The molecule has 4 fully saturated rings. The number of anilines is 3. The number of carbonyl (C=O) groups excluding carboxylic acids is 2. The lowest BCUT2D eigenvalue weighted by Crippen LogP contribution is -2.35. The third-order valence-electron chi connectivity index (χ3n) is 9.21. The number of aromatic nitrogens is 4. The summed E-state index contributed by atoms with van der Waals surface area (Å²) in [7, 11) is 0. The molecule has 4 aliphatic rings. The molecule has 8 atom stereocenters. The van der Waals surface area contributed by atoms with Gasteiger partial charge < -0.3 is 60.4 Å². The average Bonchev–Trinajstić information content (AvgIpc) is 3.89. The highest BCUT2D eigenvalue weighted by Gasteiger charge is 2.55. The first-order chi connectivity index (χ1) is 28.8. The number of nitrogen functional groups attached to an aromatic ring is 2. The summed E-state index contributed by atoms with van der Waals surface area (Å²) in [4.78, 5) is 39.7. The van der Waals surface area contributed by atoms with E-state index in [1.54, 1.807) is 13.8 Å². The van der Waals surface area contributed by atoms with E-state index in [4.69, 9.17) is 89.9 Å². The van der Waals surface area contributed by atoms with Crippen molar-refractivity contribution in [2.75, 3.05) is 54.7 Å². The van der Waals surface area contributed by atoms with Crippen molar-refractivity contribution in [1.82, 2.24) is 19.9 Å². The number of nitrogens with two attached hydrogens (primary N) is 3. The SMILES string of the molecule is C.CCCSc1nc(Cl)c(N)c(Cl)n1.CCCSc1nc(Cl)c(N)c(NC2C[C@H](OCC(=O)OCC)[C@H]3OC(C)(C)O[C@@H]23)n1.CCOC(=O)CO[C@H]1C[C@@H](N)[C@@H]2OC(C)(C)O[C@@H]21. The standard InChI is InChI=1S/C19H29ClN4O5S.C12H21NO5.C7H9Cl2N3S.CH4/c1-5-7-30-18-23-16(20)13(21)17(24-18)22-10-8-11(27-9-12(25)26-6-2)15-14(10)28-19(3,4)29-15;1-4-15-9(14)6-16-8-5-7(13)10-11(8)18-12(2,3)17-10;1-2-3-13-7-11-5(8)4(10)6(9)12-7;/h10-11,14-15H,5-9,21H2,1-4H3,(H,22,23,24);7-8,10-11H,4-6,13H2,1-3H3;2-3,10H2,1H3;1H4/t10?,11-,14-,15+;7-,8+,10+,11-;;/m01../s1. The normalized spacial score (nSPS) is 26.2. The Balaban J connectivity index is 0.000000272. The molecule has 2 saturated carbocycles. The van der Waals surface area contributed by atoms with Gasteiger partial charge in [-0.15, -0.1) is 0 Å². The number of hydrogen-bond acceptors (Lipinski definition) is 20. The van der Waals surface area contributed by atoms with E-state index in [1.807, 2.05) is 27.7 Å². The van der Waals surface area contributed by atoms with Crippen molar-refractivity contribution in [3.05, 3.63) is 15.5 Å². The van der Waals surface area contributed by atoms with Gasteiger partial charge in [0.1, 0.15) is 49.0 Å².